The molecule has 6 heteroatoms. The fourth-order valence-electron chi connectivity index (χ4n) is 2.98. The van der Waals surface area contributed by atoms with Crippen LogP contribution >= 0.6 is 0 Å². The number of likely N-dealkylation sites (tertiary alicyclic amines) is 1. The Balaban J connectivity index is 1.42. The second-order valence-electron chi connectivity index (χ2n) is 5.83. The Kier molecular flexibility index (Phi) is 3.48. The van der Waals surface area contributed by atoms with E-state index in [1.807, 2.05) is 23.1 Å². The summed E-state index contributed by atoms with van der Waals surface area (Å²) in [6.45, 7) is 1.57. The largest absolute Gasteiger partial charge is 0.361 e. The highest BCUT2D eigenvalue weighted by Crippen LogP contribution is 2.29. The van der Waals surface area contributed by atoms with Crippen LogP contribution < -0.4 is 5.32 Å². The maximum atomic E-state index is 13.3. The van der Waals surface area contributed by atoms with Crippen molar-refractivity contribution in [3.8, 4) is 0 Å². The average Bonchev–Trinajstić information content (AvgIpc) is 2.89. The highest BCUT2D eigenvalue weighted by molar-refractivity contribution is 5.89. The molecule has 23 heavy (non-hydrogen) atoms. The molecule has 1 saturated heterocycles. The minimum atomic E-state index is -0.808. The number of benzene rings is 1. The zero-order chi connectivity index (χ0) is 15.8. The summed E-state index contributed by atoms with van der Waals surface area (Å²) in [6, 6.07) is 11.7. The first-order valence-corrected chi connectivity index (χ1v) is 7.57. The van der Waals surface area contributed by atoms with Crippen LogP contribution in [0.5, 0.6) is 0 Å². The van der Waals surface area contributed by atoms with E-state index in [-0.39, 0.29) is 0 Å². The van der Waals surface area contributed by atoms with Crippen LogP contribution in [0.3, 0.4) is 0 Å². The number of halogens is 1. The van der Waals surface area contributed by atoms with Gasteiger partial charge in [0, 0.05) is 30.6 Å². The van der Waals surface area contributed by atoms with Crippen molar-refractivity contribution in [2.24, 2.45) is 0 Å². The second kappa shape index (κ2) is 5.64. The number of rotatable bonds is 4. The molecule has 1 aromatic carbocycles. The van der Waals surface area contributed by atoms with Crippen molar-refractivity contribution in [1.29, 1.82) is 0 Å². The third-order valence-electron chi connectivity index (χ3n) is 4.31. The third kappa shape index (κ3) is 2.67. The third-order valence-corrected chi connectivity index (χ3v) is 4.31. The Morgan fingerprint density at radius 1 is 1.30 bits per heavy atom. The second-order valence-corrected chi connectivity index (χ2v) is 5.83. The Morgan fingerprint density at radius 3 is 2.87 bits per heavy atom. The van der Waals surface area contributed by atoms with Crippen molar-refractivity contribution in [3.63, 3.8) is 0 Å². The first-order chi connectivity index (χ1) is 11.2. The Bertz CT molecular complexity index is 814. The molecule has 5 nitrogen and oxygen atoms in total. The number of aromatic amines is 1. The quantitative estimate of drug-likeness (QED) is 0.648. The lowest BCUT2D eigenvalue weighted by atomic mass is 9.92. The number of aromatic nitrogens is 2. The molecule has 4 rings (SSSR count). The molecule has 0 saturated carbocycles. The number of nitrogens with zero attached hydrogens (tertiary/aromatic N) is 2. The van der Waals surface area contributed by atoms with Crippen LogP contribution in [-0.2, 0) is 0 Å². The van der Waals surface area contributed by atoms with Gasteiger partial charge >= 0.3 is 0 Å². The van der Waals surface area contributed by atoms with Crippen molar-refractivity contribution in [2.45, 2.75) is 12.3 Å². The van der Waals surface area contributed by atoms with Crippen molar-refractivity contribution >= 4 is 16.7 Å². The molecule has 1 aliphatic rings. The molecule has 1 unspecified atom stereocenters. The summed E-state index contributed by atoms with van der Waals surface area (Å²) in [5.74, 6) is 0.0393. The highest BCUT2D eigenvalue weighted by Gasteiger charge is 2.32. The lowest BCUT2D eigenvalue weighted by Gasteiger charge is -2.42. The molecule has 0 bridgehead atoms. The molecule has 3 N–H and O–H groups in total. The molecule has 0 radical (unpaired) electrons. The first-order valence-electron chi connectivity index (χ1n) is 7.57. The smallest absolute Gasteiger partial charge is 0.184 e. The normalized spacial score (nSPS) is 17.1. The molecule has 0 amide bonds. The summed E-state index contributed by atoms with van der Waals surface area (Å²) in [4.78, 5) is 8.87. The maximum absolute atomic E-state index is 13.3. The maximum Gasteiger partial charge on any atom is 0.184 e. The number of hydrogen-bond donors (Lipinski definition) is 3. The summed E-state index contributed by atoms with van der Waals surface area (Å²) in [5, 5.41) is 14.0. The number of nitrogens with one attached hydrogen (secondary N) is 2. The first kappa shape index (κ1) is 14.2. The summed E-state index contributed by atoms with van der Waals surface area (Å²) in [6.07, 6.45) is 2.05. The lowest BCUT2D eigenvalue weighted by Crippen LogP contribution is -2.53. The molecule has 0 aliphatic carbocycles. The van der Waals surface area contributed by atoms with Gasteiger partial charge in [-0.05, 0) is 11.6 Å². The number of pyridine rings is 1. The van der Waals surface area contributed by atoms with Gasteiger partial charge in [0.15, 0.2) is 6.35 Å². The van der Waals surface area contributed by atoms with E-state index in [1.54, 1.807) is 6.20 Å². The van der Waals surface area contributed by atoms with Gasteiger partial charge in [-0.15, -0.1) is 0 Å². The van der Waals surface area contributed by atoms with Gasteiger partial charge in [-0.1, -0.05) is 30.3 Å². The van der Waals surface area contributed by atoms with Gasteiger partial charge in [0.2, 0.25) is 0 Å². The van der Waals surface area contributed by atoms with E-state index in [0.29, 0.717) is 22.6 Å². The summed E-state index contributed by atoms with van der Waals surface area (Å²) >= 11 is 0. The van der Waals surface area contributed by atoms with Gasteiger partial charge in [0.25, 0.3) is 0 Å². The molecule has 118 valence electrons. The van der Waals surface area contributed by atoms with E-state index in [1.165, 1.54) is 17.8 Å². The number of aliphatic hydroxyl groups is 1. The molecule has 1 fully saturated rings. The Hall–Kier alpha value is -2.44. The average molecular weight is 312 g/mol. The van der Waals surface area contributed by atoms with Gasteiger partial charge in [0.05, 0.1) is 11.9 Å². The predicted octanol–water partition coefficient (Wildman–Crippen LogP) is 2.49. The zero-order valence-electron chi connectivity index (χ0n) is 12.4. The fraction of sp³-hybridized carbons (Fsp3) is 0.235. The number of fused-ring (bicyclic) bond motifs is 1. The van der Waals surface area contributed by atoms with Gasteiger partial charge in [-0.3, -0.25) is 4.90 Å². The van der Waals surface area contributed by atoms with Crippen LogP contribution in [-0.4, -0.2) is 39.4 Å². The number of aliphatic hydroxyl groups excluding tert-OH is 1. The molecular weight excluding hydrogens is 295 g/mol. The summed E-state index contributed by atoms with van der Waals surface area (Å²) in [7, 11) is 0. The van der Waals surface area contributed by atoms with E-state index in [4.69, 9.17) is 0 Å². The van der Waals surface area contributed by atoms with Crippen molar-refractivity contribution in [2.75, 3.05) is 18.4 Å². The standard InChI is InChI=1S/C17H17FN4O/c18-13-6-14-15(8-20-16(14)19-7-13)21-17(23)22-9-12(10-22)11-4-2-1-3-5-11/h1-8,12,17,21,23H,9-10H2,(H,19,20). The van der Waals surface area contributed by atoms with Crippen molar-refractivity contribution < 1.29 is 9.50 Å². The van der Waals surface area contributed by atoms with Crippen molar-refractivity contribution in [3.05, 3.63) is 60.2 Å². The van der Waals surface area contributed by atoms with Crippen LogP contribution in [0.25, 0.3) is 11.0 Å². The van der Waals surface area contributed by atoms with Crippen LogP contribution in [0.1, 0.15) is 11.5 Å². The van der Waals surface area contributed by atoms with Gasteiger partial charge in [0.1, 0.15) is 11.5 Å². The zero-order valence-corrected chi connectivity index (χ0v) is 12.4. The number of H-pyrrole nitrogens is 1. The van der Waals surface area contributed by atoms with E-state index >= 15 is 0 Å². The molecule has 0 spiro atoms. The van der Waals surface area contributed by atoms with E-state index in [2.05, 4.69) is 27.4 Å². The van der Waals surface area contributed by atoms with Crippen LogP contribution in [0.4, 0.5) is 10.1 Å². The monoisotopic (exact) mass is 312 g/mol. The highest BCUT2D eigenvalue weighted by atomic mass is 19.1. The Morgan fingerprint density at radius 2 is 2.09 bits per heavy atom. The predicted molar refractivity (Wildman–Crippen MR) is 86.4 cm³/mol. The minimum absolute atomic E-state index is 0.400. The molecular formula is C17H17FN4O. The molecule has 1 atom stereocenters. The summed E-state index contributed by atoms with van der Waals surface area (Å²) in [5.41, 5.74) is 2.52. The van der Waals surface area contributed by atoms with E-state index < -0.39 is 12.2 Å². The molecule has 1 aliphatic heterocycles. The molecule has 3 heterocycles. The van der Waals surface area contributed by atoms with E-state index in [0.717, 1.165) is 13.1 Å². The molecule has 3 aromatic rings. The van der Waals surface area contributed by atoms with Gasteiger partial charge in [-0.2, -0.15) is 0 Å². The van der Waals surface area contributed by atoms with Crippen molar-refractivity contribution in [1.82, 2.24) is 14.9 Å². The van der Waals surface area contributed by atoms with Crippen LogP contribution in [0, 0.1) is 5.82 Å². The van der Waals surface area contributed by atoms with Gasteiger partial charge in [-0.25, -0.2) is 9.37 Å². The number of anilines is 1. The van der Waals surface area contributed by atoms with Crippen LogP contribution in [0.2, 0.25) is 0 Å². The van der Waals surface area contributed by atoms with E-state index in [9.17, 15) is 9.50 Å². The molecule has 2 aromatic heterocycles. The number of hydrogen-bond acceptors (Lipinski definition) is 4. The summed E-state index contributed by atoms with van der Waals surface area (Å²) < 4.78 is 13.3. The van der Waals surface area contributed by atoms with Crippen LogP contribution in [0.15, 0.2) is 48.8 Å². The minimum Gasteiger partial charge on any atom is -0.361 e. The Labute approximate surface area is 132 Å². The van der Waals surface area contributed by atoms with Gasteiger partial charge < -0.3 is 15.4 Å². The SMILES string of the molecule is OC(Nc1c[nH]c2ncc(F)cc12)N1CC(c2ccccc2)C1. The lowest BCUT2D eigenvalue weighted by molar-refractivity contribution is -0.0267. The topological polar surface area (TPSA) is 64.2 Å². The fourth-order valence-corrected chi connectivity index (χ4v) is 2.98.